The van der Waals surface area contributed by atoms with Crippen molar-refractivity contribution in [3.63, 3.8) is 0 Å². The van der Waals surface area contributed by atoms with Crippen molar-refractivity contribution >= 4 is 17.5 Å². The van der Waals surface area contributed by atoms with Gasteiger partial charge in [0.05, 0.1) is 11.5 Å². The molecule has 0 amide bonds. The lowest BCUT2D eigenvalue weighted by atomic mass is 10.0. The number of ether oxygens (including phenoxy) is 1. The Kier molecular flexibility index (Phi) is 5.68. The lowest BCUT2D eigenvalue weighted by Crippen LogP contribution is -2.25. The molecule has 1 saturated heterocycles. The molecule has 8 heteroatoms. The molecule has 0 spiro atoms. The molecule has 1 fully saturated rings. The molecule has 1 aromatic rings. The monoisotopic (exact) mass is 295 g/mol. The first-order valence-electron chi connectivity index (χ1n) is 7.27. The van der Waals surface area contributed by atoms with Crippen LogP contribution in [0.3, 0.4) is 0 Å². The van der Waals surface area contributed by atoms with Gasteiger partial charge in [-0.1, -0.05) is 6.92 Å². The molecular weight excluding hydrogens is 274 g/mol. The van der Waals surface area contributed by atoms with E-state index in [4.69, 9.17) is 4.74 Å². The van der Waals surface area contributed by atoms with Crippen LogP contribution in [0.4, 0.5) is 17.5 Å². The summed E-state index contributed by atoms with van der Waals surface area (Å²) in [5.41, 5.74) is -0.103. The lowest BCUT2D eigenvalue weighted by molar-refractivity contribution is -0.384. The van der Waals surface area contributed by atoms with Gasteiger partial charge in [0.15, 0.2) is 0 Å². The van der Waals surface area contributed by atoms with Crippen LogP contribution >= 0.6 is 0 Å². The summed E-state index contributed by atoms with van der Waals surface area (Å²) in [5.74, 6) is 1.03. The van der Waals surface area contributed by atoms with E-state index in [9.17, 15) is 10.1 Å². The minimum Gasteiger partial charge on any atom is -0.381 e. The van der Waals surface area contributed by atoms with E-state index in [1.54, 1.807) is 0 Å². The van der Waals surface area contributed by atoms with Gasteiger partial charge >= 0.3 is 5.69 Å². The average Bonchev–Trinajstić information content (AvgIpc) is 2.51. The minimum atomic E-state index is -0.469. The normalized spacial score (nSPS) is 18.2. The molecule has 0 radical (unpaired) electrons. The standard InChI is InChI=1S/C13H21N5O3/c1-2-5-14-13-16-8-11(18(19)20)12(17-13)15-7-10-4-3-6-21-9-10/h8,10H,2-7,9H2,1H3,(H2,14,15,16,17). The number of anilines is 2. The van der Waals surface area contributed by atoms with Crippen LogP contribution in [-0.4, -0.2) is 41.2 Å². The van der Waals surface area contributed by atoms with Crippen LogP contribution in [0.15, 0.2) is 6.20 Å². The molecule has 0 aromatic carbocycles. The second kappa shape index (κ2) is 7.72. The summed E-state index contributed by atoms with van der Waals surface area (Å²) >= 11 is 0. The number of hydrogen-bond donors (Lipinski definition) is 2. The Morgan fingerprint density at radius 3 is 3.05 bits per heavy atom. The van der Waals surface area contributed by atoms with E-state index in [1.165, 1.54) is 6.20 Å². The molecule has 1 unspecified atom stereocenters. The number of rotatable bonds is 7. The Hall–Kier alpha value is -1.96. The van der Waals surface area contributed by atoms with Crippen molar-refractivity contribution in [1.82, 2.24) is 9.97 Å². The van der Waals surface area contributed by atoms with Crippen molar-refractivity contribution in [3.05, 3.63) is 16.3 Å². The molecule has 1 aromatic heterocycles. The average molecular weight is 295 g/mol. The van der Waals surface area contributed by atoms with Crippen molar-refractivity contribution < 1.29 is 9.66 Å². The van der Waals surface area contributed by atoms with Gasteiger partial charge in [-0.25, -0.2) is 4.98 Å². The third kappa shape index (κ3) is 4.52. The van der Waals surface area contributed by atoms with Crippen LogP contribution in [0.1, 0.15) is 26.2 Å². The fraction of sp³-hybridized carbons (Fsp3) is 0.692. The maximum Gasteiger partial charge on any atom is 0.329 e. The quantitative estimate of drug-likeness (QED) is 0.586. The summed E-state index contributed by atoms with van der Waals surface area (Å²) in [6, 6.07) is 0. The number of nitrogens with zero attached hydrogens (tertiary/aromatic N) is 3. The van der Waals surface area contributed by atoms with Crippen molar-refractivity contribution in [2.75, 3.05) is 36.9 Å². The van der Waals surface area contributed by atoms with E-state index in [1.807, 2.05) is 6.92 Å². The highest BCUT2D eigenvalue weighted by Crippen LogP contribution is 2.23. The van der Waals surface area contributed by atoms with Crippen molar-refractivity contribution in [2.24, 2.45) is 5.92 Å². The van der Waals surface area contributed by atoms with Crippen molar-refractivity contribution in [3.8, 4) is 0 Å². The van der Waals surface area contributed by atoms with Gasteiger partial charge in [0.25, 0.3) is 0 Å². The molecule has 0 bridgehead atoms. The van der Waals surface area contributed by atoms with E-state index in [0.29, 0.717) is 25.0 Å². The van der Waals surface area contributed by atoms with Gasteiger partial charge in [-0.05, 0) is 25.2 Å². The fourth-order valence-corrected chi connectivity index (χ4v) is 2.17. The second-order valence-corrected chi connectivity index (χ2v) is 5.08. The third-order valence-electron chi connectivity index (χ3n) is 3.31. The van der Waals surface area contributed by atoms with E-state index < -0.39 is 4.92 Å². The molecule has 1 atom stereocenters. The molecule has 0 aliphatic carbocycles. The molecule has 21 heavy (non-hydrogen) atoms. The fourth-order valence-electron chi connectivity index (χ4n) is 2.17. The third-order valence-corrected chi connectivity index (χ3v) is 3.31. The van der Waals surface area contributed by atoms with Gasteiger partial charge < -0.3 is 15.4 Å². The van der Waals surface area contributed by atoms with E-state index in [2.05, 4.69) is 20.6 Å². The predicted molar refractivity (Wildman–Crippen MR) is 79.5 cm³/mol. The molecule has 116 valence electrons. The number of hydrogen-bond acceptors (Lipinski definition) is 7. The summed E-state index contributed by atoms with van der Waals surface area (Å²) in [4.78, 5) is 18.7. The van der Waals surface area contributed by atoms with E-state index in [0.717, 1.165) is 32.4 Å². The topological polar surface area (TPSA) is 102 Å². The number of nitro groups is 1. The summed E-state index contributed by atoms with van der Waals surface area (Å²) in [6.45, 7) is 4.86. The number of nitrogens with one attached hydrogen (secondary N) is 2. The SMILES string of the molecule is CCCNc1ncc([N+](=O)[O-])c(NCC2CCCOC2)n1. The first-order valence-corrected chi connectivity index (χ1v) is 7.27. The summed E-state index contributed by atoms with van der Waals surface area (Å²) in [6.07, 6.45) is 4.27. The zero-order chi connectivity index (χ0) is 15.1. The van der Waals surface area contributed by atoms with Crippen LogP contribution in [0.2, 0.25) is 0 Å². The molecule has 1 aliphatic rings. The highest BCUT2D eigenvalue weighted by molar-refractivity contribution is 5.56. The molecule has 1 aliphatic heterocycles. The molecule has 2 heterocycles. The zero-order valence-electron chi connectivity index (χ0n) is 12.2. The molecular formula is C13H21N5O3. The second-order valence-electron chi connectivity index (χ2n) is 5.08. The van der Waals surface area contributed by atoms with Gasteiger partial charge in [0.1, 0.15) is 6.20 Å². The van der Waals surface area contributed by atoms with Crippen LogP contribution in [0, 0.1) is 16.0 Å². The highest BCUT2D eigenvalue weighted by Gasteiger charge is 2.19. The Bertz CT molecular complexity index is 477. The van der Waals surface area contributed by atoms with Gasteiger partial charge in [0.2, 0.25) is 11.8 Å². The smallest absolute Gasteiger partial charge is 0.329 e. The van der Waals surface area contributed by atoms with Crippen LogP contribution in [-0.2, 0) is 4.74 Å². The molecule has 2 rings (SSSR count). The lowest BCUT2D eigenvalue weighted by Gasteiger charge is -2.22. The zero-order valence-corrected chi connectivity index (χ0v) is 12.2. The highest BCUT2D eigenvalue weighted by atomic mass is 16.6. The molecule has 2 N–H and O–H groups in total. The maximum absolute atomic E-state index is 11.0. The first kappa shape index (κ1) is 15.4. The Balaban J connectivity index is 2.04. The maximum atomic E-state index is 11.0. The van der Waals surface area contributed by atoms with E-state index in [-0.39, 0.29) is 11.5 Å². The van der Waals surface area contributed by atoms with Crippen LogP contribution in [0.5, 0.6) is 0 Å². The van der Waals surface area contributed by atoms with Crippen molar-refractivity contribution in [2.45, 2.75) is 26.2 Å². The largest absolute Gasteiger partial charge is 0.381 e. The summed E-state index contributed by atoms with van der Waals surface area (Å²) < 4.78 is 5.41. The van der Waals surface area contributed by atoms with Gasteiger partial charge in [-0.3, -0.25) is 10.1 Å². The van der Waals surface area contributed by atoms with Gasteiger partial charge in [-0.15, -0.1) is 0 Å². The van der Waals surface area contributed by atoms with E-state index >= 15 is 0 Å². The van der Waals surface area contributed by atoms with Crippen molar-refractivity contribution in [1.29, 1.82) is 0 Å². The number of aromatic nitrogens is 2. The summed E-state index contributed by atoms with van der Waals surface area (Å²) in [5, 5.41) is 17.1. The molecule has 8 nitrogen and oxygen atoms in total. The van der Waals surface area contributed by atoms with Crippen LogP contribution in [0.25, 0.3) is 0 Å². The van der Waals surface area contributed by atoms with Crippen LogP contribution < -0.4 is 10.6 Å². The minimum absolute atomic E-state index is 0.103. The Morgan fingerprint density at radius 2 is 2.38 bits per heavy atom. The van der Waals surface area contributed by atoms with Gasteiger partial charge in [-0.2, -0.15) is 4.98 Å². The van der Waals surface area contributed by atoms with Gasteiger partial charge in [0, 0.05) is 19.7 Å². The first-order chi connectivity index (χ1) is 10.2. The predicted octanol–water partition coefficient (Wildman–Crippen LogP) is 2.05. The molecule has 0 saturated carbocycles. The Labute approximate surface area is 123 Å². The summed E-state index contributed by atoms with van der Waals surface area (Å²) in [7, 11) is 0. The Morgan fingerprint density at radius 1 is 1.52 bits per heavy atom.